The maximum absolute atomic E-state index is 11.6. The van der Waals surface area contributed by atoms with Crippen LogP contribution in [0.2, 0.25) is 0 Å². The Bertz CT molecular complexity index is 588. The summed E-state index contributed by atoms with van der Waals surface area (Å²) in [5.41, 5.74) is 1.07. The van der Waals surface area contributed by atoms with Crippen molar-refractivity contribution in [3.8, 4) is 12.3 Å². The molecular formula is C14H17NO5. The molecule has 2 heterocycles. The summed E-state index contributed by atoms with van der Waals surface area (Å²) in [5.74, 6) is 2.40. The average molecular weight is 279 g/mol. The molecule has 1 fully saturated rings. The van der Waals surface area contributed by atoms with Crippen molar-refractivity contribution in [2.75, 3.05) is 13.7 Å². The van der Waals surface area contributed by atoms with Gasteiger partial charge in [-0.2, -0.15) is 0 Å². The minimum absolute atomic E-state index is 0.270. The van der Waals surface area contributed by atoms with E-state index in [2.05, 4.69) is 10.9 Å². The summed E-state index contributed by atoms with van der Waals surface area (Å²) in [7, 11) is 1.44. The number of ether oxygens (including phenoxy) is 2. The quantitative estimate of drug-likeness (QED) is 0.647. The van der Waals surface area contributed by atoms with E-state index in [1.165, 1.54) is 7.11 Å². The minimum atomic E-state index is -0.965. The monoisotopic (exact) mass is 279 g/mol. The molecule has 1 aliphatic heterocycles. The fraction of sp³-hybridized carbons (Fsp3) is 0.500. The maximum atomic E-state index is 11.6. The van der Waals surface area contributed by atoms with Gasteiger partial charge in [-0.1, -0.05) is 5.92 Å². The number of aryl methyl sites for hydroxylation is 1. The molecule has 6 heteroatoms. The summed E-state index contributed by atoms with van der Waals surface area (Å²) in [4.78, 5) is 14.2. The summed E-state index contributed by atoms with van der Waals surface area (Å²) in [6, 6.07) is 1.62. The van der Waals surface area contributed by atoms with Gasteiger partial charge in [-0.25, -0.2) is 0 Å². The first kappa shape index (κ1) is 14.8. The number of aliphatic hydroxyl groups is 2. The number of hydrogen-bond donors (Lipinski definition) is 3. The second kappa shape index (κ2) is 5.77. The van der Waals surface area contributed by atoms with Gasteiger partial charge in [0.15, 0.2) is 0 Å². The number of aliphatic hydroxyl groups excluding tert-OH is 2. The van der Waals surface area contributed by atoms with Gasteiger partial charge in [-0.3, -0.25) is 4.79 Å². The topological polar surface area (TPSA) is 91.8 Å². The molecule has 1 aromatic rings. The molecule has 0 bridgehead atoms. The van der Waals surface area contributed by atoms with Gasteiger partial charge in [0, 0.05) is 18.2 Å². The van der Waals surface area contributed by atoms with E-state index in [4.69, 9.17) is 15.9 Å². The normalized spacial score (nSPS) is 29.4. The summed E-state index contributed by atoms with van der Waals surface area (Å²) in [6.07, 6.45) is 2.38. The van der Waals surface area contributed by atoms with E-state index in [-0.39, 0.29) is 12.2 Å². The van der Waals surface area contributed by atoms with Crippen molar-refractivity contribution in [3.05, 3.63) is 33.2 Å². The van der Waals surface area contributed by atoms with Crippen LogP contribution in [-0.2, 0) is 9.47 Å². The van der Waals surface area contributed by atoms with Crippen molar-refractivity contribution in [1.29, 1.82) is 0 Å². The molecule has 108 valence electrons. The smallest absolute Gasteiger partial charge is 0.251 e. The number of H-pyrrole nitrogens is 1. The first-order valence-corrected chi connectivity index (χ1v) is 6.21. The number of aromatic nitrogens is 1. The third-order valence-electron chi connectivity index (χ3n) is 3.50. The van der Waals surface area contributed by atoms with Crippen LogP contribution < -0.4 is 5.56 Å². The Morgan fingerprint density at radius 3 is 2.85 bits per heavy atom. The van der Waals surface area contributed by atoms with Crippen molar-refractivity contribution in [2.24, 2.45) is 0 Å². The van der Waals surface area contributed by atoms with Gasteiger partial charge >= 0.3 is 0 Å². The van der Waals surface area contributed by atoms with Crippen LogP contribution in [0.15, 0.2) is 10.9 Å². The zero-order valence-electron chi connectivity index (χ0n) is 11.3. The molecule has 4 atom stereocenters. The van der Waals surface area contributed by atoms with E-state index in [0.717, 1.165) is 0 Å². The second-order valence-electron chi connectivity index (χ2n) is 4.72. The molecule has 2 unspecified atom stereocenters. The van der Waals surface area contributed by atoms with E-state index < -0.39 is 24.4 Å². The van der Waals surface area contributed by atoms with Crippen molar-refractivity contribution < 1.29 is 19.7 Å². The molecular weight excluding hydrogens is 262 g/mol. The molecule has 0 radical (unpaired) electrons. The number of rotatable bonds is 3. The molecule has 1 aliphatic rings. The number of pyridine rings is 1. The predicted octanol–water partition coefficient (Wildman–Crippen LogP) is -0.527. The highest BCUT2D eigenvalue weighted by molar-refractivity contribution is 5.38. The van der Waals surface area contributed by atoms with Gasteiger partial charge in [0.05, 0.1) is 12.3 Å². The lowest BCUT2D eigenvalue weighted by Crippen LogP contribution is -2.34. The zero-order valence-corrected chi connectivity index (χ0v) is 11.3. The molecule has 0 aromatic carbocycles. The van der Waals surface area contributed by atoms with Gasteiger partial charge in [0.2, 0.25) is 0 Å². The van der Waals surface area contributed by atoms with Crippen molar-refractivity contribution in [3.63, 3.8) is 0 Å². The van der Waals surface area contributed by atoms with Gasteiger partial charge in [0.1, 0.15) is 24.4 Å². The van der Waals surface area contributed by atoms with Crippen LogP contribution in [0.4, 0.5) is 0 Å². The molecule has 20 heavy (non-hydrogen) atoms. The van der Waals surface area contributed by atoms with E-state index in [0.29, 0.717) is 16.8 Å². The number of hydrogen-bond acceptors (Lipinski definition) is 5. The average Bonchev–Trinajstić information content (AvgIpc) is 2.77. The fourth-order valence-electron chi connectivity index (χ4n) is 2.40. The van der Waals surface area contributed by atoms with Gasteiger partial charge in [-0.05, 0) is 13.0 Å². The SMILES string of the molecule is C#Cc1[nH]c(=O)c(C)cc1[C@@H]1O[C@H](CO)C(O)C1OC. The molecule has 0 amide bonds. The number of methoxy groups -OCH3 is 1. The Kier molecular flexibility index (Phi) is 4.26. The third kappa shape index (κ3) is 2.37. The summed E-state index contributed by atoms with van der Waals surface area (Å²) < 4.78 is 10.9. The van der Waals surface area contributed by atoms with Crippen LogP contribution in [0.1, 0.15) is 22.9 Å². The van der Waals surface area contributed by atoms with Crippen LogP contribution in [0.5, 0.6) is 0 Å². The second-order valence-corrected chi connectivity index (χ2v) is 4.72. The molecule has 6 nitrogen and oxygen atoms in total. The highest BCUT2D eigenvalue weighted by Gasteiger charge is 2.45. The third-order valence-corrected chi connectivity index (χ3v) is 3.50. The largest absolute Gasteiger partial charge is 0.394 e. The van der Waals surface area contributed by atoms with E-state index in [1.807, 2.05) is 0 Å². The van der Waals surface area contributed by atoms with Crippen LogP contribution in [0.25, 0.3) is 0 Å². The lowest BCUT2D eigenvalue weighted by Gasteiger charge is -2.20. The molecule has 1 aromatic heterocycles. The fourth-order valence-corrected chi connectivity index (χ4v) is 2.40. The summed E-state index contributed by atoms with van der Waals surface area (Å²) in [6.45, 7) is 1.32. The lowest BCUT2D eigenvalue weighted by molar-refractivity contribution is -0.0236. The molecule has 3 N–H and O–H groups in total. The summed E-state index contributed by atoms with van der Waals surface area (Å²) in [5, 5.41) is 19.2. The van der Waals surface area contributed by atoms with Gasteiger partial charge in [-0.15, -0.1) is 6.42 Å². The predicted molar refractivity (Wildman–Crippen MR) is 71.2 cm³/mol. The molecule has 0 aliphatic carbocycles. The number of terminal acetylenes is 1. The summed E-state index contributed by atoms with van der Waals surface area (Å²) >= 11 is 0. The maximum Gasteiger partial charge on any atom is 0.251 e. The molecule has 0 saturated carbocycles. The van der Waals surface area contributed by atoms with E-state index >= 15 is 0 Å². The molecule has 2 rings (SSSR count). The molecule has 0 spiro atoms. The van der Waals surface area contributed by atoms with Crippen molar-refractivity contribution >= 4 is 0 Å². The standard InChI is InChI=1S/C14H17NO5/c1-4-9-8(5-7(2)14(18)15-9)12-13(19-3)11(17)10(6-16)20-12/h1,5,10-13,16-17H,6H2,2-3H3,(H,15,18)/t10-,11?,12+,13?/m1/s1. The highest BCUT2D eigenvalue weighted by atomic mass is 16.6. The Labute approximate surface area is 116 Å². The first-order valence-electron chi connectivity index (χ1n) is 6.21. The van der Waals surface area contributed by atoms with Crippen LogP contribution in [-0.4, -0.2) is 47.2 Å². The lowest BCUT2D eigenvalue weighted by atomic mass is 9.99. The van der Waals surface area contributed by atoms with E-state index in [9.17, 15) is 15.0 Å². The van der Waals surface area contributed by atoms with Crippen LogP contribution >= 0.6 is 0 Å². The Balaban J connectivity index is 2.48. The van der Waals surface area contributed by atoms with Gasteiger partial charge < -0.3 is 24.7 Å². The Morgan fingerprint density at radius 1 is 1.60 bits per heavy atom. The first-order chi connectivity index (χ1) is 9.53. The Hall–Kier alpha value is -1.65. The number of aromatic amines is 1. The van der Waals surface area contributed by atoms with Crippen LogP contribution in [0, 0.1) is 19.3 Å². The number of nitrogens with one attached hydrogen (secondary N) is 1. The van der Waals surface area contributed by atoms with E-state index in [1.54, 1.807) is 13.0 Å². The van der Waals surface area contributed by atoms with Crippen LogP contribution in [0.3, 0.4) is 0 Å². The zero-order chi connectivity index (χ0) is 14.9. The van der Waals surface area contributed by atoms with Crippen molar-refractivity contribution in [2.45, 2.75) is 31.3 Å². The minimum Gasteiger partial charge on any atom is -0.394 e. The van der Waals surface area contributed by atoms with Gasteiger partial charge in [0.25, 0.3) is 5.56 Å². The molecule has 1 saturated heterocycles. The Morgan fingerprint density at radius 2 is 2.30 bits per heavy atom. The van der Waals surface area contributed by atoms with Crippen molar-refractivity contribution in [1.82, 2.24) is 4.98 Å². The highest BCUT2D eigenvalue weighted by Crippen LogP contribution is 2.36.